The maximum atomic E-state index is 5.98. The highest BCUT2D eigenvalue weighted by Crippen LogP contribution is 2.36. The van der Waals surface area contributed by atoms with Crippen LogP contribution in [0.2, 0.25) is 5.15 Å². The first-order valence-corrected chi connectivity index (χ1v) is 7.18. The zero-order chi connectivity index (χ0) is 15.3. The van der Waals surface area contributed by atoms with E-state index in [9.17, 15) is 0 Å². The summed E-state index contributed by atoms with van der Waals surface area (Å²) >= 11 is 5.79. The molecule has 1 saturated heterocycles. The quantitative estimate of drug-likeness (QED) is 0.630. The molecule has 0 amide bonds. The lowest BCUT2D eigenvalue weighted by molar-refractivity contribution is 0.00578. The summed E-state index contributed by atoms with van der Waals surface area (Å²) in [7, 11) is -0.462. The first kappa shape index (κ1) is 14.6. The molecule has 1 aliphatic rings. The number of imidazole rings is 1. The Bertz CT molecular complexity index is 638. The van der Waals surface area contributed by atoms with Gasteiger partial charge in [-0.3, -0.25) is 0 Å². The van der Waals surface area contributed by atoms with Crippen molar-refractivity contribution in [2.75, 3.05) is 0 Å². The van der Waals surface area contributed by atoms with E-state index >= 15 is 0 Å². The lowest BCUT2D eigenvalue weighted by Gasteiger charge is -2.32. The summed E-state index contributed by atoms with van der Waals surface area (Å²) in [5.74, 6) is 0. The summed E-state index contributed by atoms with van der Waals surface area (Å²) in [6.45, 7) is 8.08. The Morgan fingerprint density at radius 2 is 1.76 bits per heavy atom. The number of hydrogen-bond donors (Lipinski definition) is 0. The molecule has 0 N–H and O–H groups in total. The van der Waals surface area contributed by atoms with E-state index in [0.29, 0.717) is 5.15 Å². The normalized spacial score (nSPS) is 20.0. The maximum absolute atomic E-state index is 5.98. The third-order valence-corrected chi connectivity index (χ3v) is 4.33. The van der Waals surface area contributed by atoms with Crippen LogP contribution < -0.4 is 5.59 Å². The second-order valence-corrected chi connectivity index (χ2v) is 6.52. The van der Waals surface area contributed by atoms with Gasteiger partial charge in [0.25, 0.3) is 0 Å². The van der Waals surface area contributed by atoms with Crippen LogP contribution in [0.25, 0.3) is 5.69 Å². The third-order valence-electron chi connectivity index (χ3n) is 4.11. The van der Waals surface area contributed by atoms with Gasteiger partial charge in [0, 0.05) is 6.20 Å². The average molecular weight is 306 g/mol. The van der Waals surface area contributed by atoms with E-state index in [0.717, 1.165) is 11.3 Å². The van der Waals surface area contributed by atoms with Gasteiger partial charge in [-0.05, 0) is 39.8 Å². The van der Waals surface area contributed by atoms with Gasteiger partial charge in [0.2, 0.25) is 0 Å². The maximum Gasteiger partial charge on any atom is 0.516 e. The molecule has 0 atom stereocenters. The minimum atomic E-state index is -0.462. The van der Waals surface area contributed by atoms with Gasteiger partial charge in [0.05, 0.1) is 35.0 Å². The fourth-order valence-corrected chi connectivity index (χ4v) is 2.20. The first-order chi connectivity index (χ1) is 9.78. The Morgan fingerprint density at radius 3 is 2.33 bits per heavy atom. The molecule has 3 heterocycles. The molecule has 0 bridgehead atoms. The smallest absolute Gasteiger partial charge is 0.398 e. The Hall–Kier alpha value is -1.37. The van der Waals surface area contributed by atoms with Crippen LogP contribution in [0.15, 0.2) is 30.9 Å². The Morgan fingerprint density at radius 1 is 1.10 bits per heavy atom. The Labute approximate surface area is 129 Å². The van der Waals surface area contributed by atoms with Gasteiger partial charge in [0.1, 0.15) is 5.15 Å². The predicted molar refractivity (Wildman–Crippen MR) is 82.1 cm³/mol. The van der Waals surface area contributed by atoms with Crippen molar-refractivity contribution in [1.29, 1.82) is 0 Å². The van der Waals surface area contributed by atoms with Crippen molar-refractivity contribution in [3.8, 4) is 5.69 Å². The fraction of sp³-hybridized carbons (Fsp3) is 0.429. The van der Waals surface area contributed by atoms with Gasteiger partial charge < -0.3 is 13.9 Å². The topological polar surface area (TPSA) is 49.2 Å². The summed E-state index contributed by atoms with van der Waals surface area (Å²) in [5.41, 5.74) is 0.880. The number of nitrogens with zero attached hydrogens (tertiary/aromatic N) is 3. The van der Waals surface area contributed by atoms with Crippen molar-refractivity contribution < 1.29 is 9.31 Å². The molecule has 0 saturated carbocycles. The molecular weight excluding hydrogens is 288 g/mol. The molecule has 7 heteroatoms. The number of rotatable bonds is 2. The molecule has 0 radical (unpaired) electrons. The predicted octanol–water partition coefficient (Wildman–Crippen LogP) is 2.22. The van der Waals surface area contributed by atoms with E-state index in [1.807, 2.05) is 44.5 Å². The van der Waals surface area contributed by atoms with Crippen LogP contribution in [0.3, 0.4) is 0 Å². The summed E-state index contributed by atoms with van der Waals surface area (Å²) in [6, 6.07) is 3.62. The zero-order valence-electron chi connectivity index (χ0n) is 12.5. The van der Waals surface area contributed by atoms with Gasteiger partial charge in [-0.2, -0.15) is 0 Å². The number of aromatic nitrogens is 3. The summed E-state index contributed by atoms with van der Waals surface area (Å²) in [6.07, 6.45) is 5.29. The van der Waals surface area contributed by atoms with Gasteiger partial charge in [-0.25, -0.2) is 9.97 Å². The van der Waals surface area contributed by atoms with Crippen molar-refractivity contribution in [3.05, 3.63) is 36.0 Å². The molecule has 21 heavy (non-hydrogen) atoms. The van der Waals surface area contributed by atoms with E-state index in [1.54, 1.807) is 18.6 Å². The van der Waals surface area contributed by atoms with Crippen LogP contribution in [0.1, 0.15) is 27.7 Å². The van der Waals surface area contributed by atoms with Gasteiger partial charge >= 0.3 is 7.12 Å². The Kier molecular flexibility index (Phi) is 3.35. The first-order valence-electron chi connectivity index (χ1n) is 6.80. The molecular formula is C14H17BClN3O2. The van der Waals surface area contributed by atoms with Crippen molar-refractivity contribution in [1.82, 2.24) is 14.5 Å². The van der Waals surface area contributed by atoms with Gasteiger partial charge in [-0.1, -0.05) is 11.6 Å². The summed E-state index contributed by atoms with van der Waals surface area (Å²) in [4.78, 5) is 8.44. The molecule has 5 nitrogen and oxygen atoms in total. The molecule has 1 fully saturated rings. The number of halogens is 1. The second kappa shape index (κ2) is 4.83. The molecule has 2 aromatic heterocycles. The standard InChI is InChI=1S/C14H17BClN3O2/c1-13(2)14(3,4)21-15(20-13)11-8-19(9-18-11)10-5-6-12(16)17-7-10/h5-9H,1-4H3. The lowest BCUT2D eigenvalue weighted by atomic mass is 9.86. The minimum Gasteiger partial charge on any atom is -0.398 e. The van der Waals surface area contributed by atoms with E-state index in [4.69, 9.17) is 20.9 Å². The lowest BCUT2D eigenvalue weighted by Crippen LogP contribution is -2.41. The van der Waals surface area contributed by atoms with Crippen LogP contribution in [0, 0.1) is 0 Å². The largest absolute Gasteiger partial charge is 0.516 e. The second-order valence-electron chi connectivity index (χ2n) is 6.13. The zero-order valence-corrected chi connectivity index (χ0v) is 13.3. The monoisotopic (exact) mass is 305 g/mol. The van der Waals surface area contributed by atoms with Crippen LogP contribution in [0.4, 0.5) is 0 Å². The summed E-state index contributed by atoms with van der Waals surface area (Å²) < 4.78 is 13.8. The molecule has 0 spiro atoms. The molecule has 1 aliphatic heterocycles. The average Bonchev–Trinajstić information content (AvgIpc) is 2.94. The molecule has 0 aliphatic carbocycles. The van der Waals surface area contributed by atoms with Gasteiger partial charge in [-0.15, -0.1) is 0 Å². The van der Waals surface area contributed by atoms with Crippen LogP contribution in [-0.4, -0.2) is 32.9 Å². The highest BCUT2D eigenvalue weighted by atomic mass is 35.5. The van der Waals surface area contributed by atoms with Crippen molar-refractivity contribution in [2.24, 2.45) is 0 Å². The summed E-state index contributed by atoms with van der Waals surface area (Å²) in [5, 5.41) is 0.463. The van der Waals surface area contributed by atoms with Crippen LogP contribution >= 0.6 is 11.6 Å². The molecule has 0 unspecified atom stereocenters. The van der Waals surface area contributed by atoms with E-state index < -0.39 is 7.12 Å². The number of pyridine rings is 1. The van der Waals surface area contributed by atoms with Crippen molar-refractivity contribution in [2.45, 2.75) is 38.9 Å². The van der Waals surface area contributed by atoms with Crippen LogP contribution in [-0.2, 0) is 9.31 Å². The third kappa shape index (κ3) is 2.59. The molecule has 2 aromatic rings. The SMILES string of the molecule is CC1(C)OB(c2cn(-c3ccc(Cl)nc3)cn2)OC1(C)C. The number of hydrogen-bond acceptors (Lipinski definition) is 4. The molecule has 0 aromatic carbocycles. The molecule has 110 valence electrons. The minimum absolute atomic E-state index is 0.372. The van der Waals surface area contributed by atoms with Crippen LogP contribution in [0.5, 0.6) is 0 Å². The van der Waals surface area contributed by atoms with E-state index in [-0.39, 0.29) is 11.2 Å². The highest BCUT2D eigenvalue weighted by Gasteiger charge is 2.52. The van der Waals surface area contributed by atoms with E-state index in [1.165, 1.54) is 0 Å². The van der Waals surface area contributed by atoms with Crippen molar-refractivity contribution in [3.63, 3.8) is 0 Å². The van der Waals surface area contributed by atoms with E-state index in [2.05, 4.69) is 9.97 Å². The van der Waals surface area contributed by atoms with Crippen molar-refractivity contribution >= 4 is 24.3 Å². The Balaban J connectivity index is 1.85. The highest BCUT2D eigenvalue weighted by molar-refractivity contribution is 6.61. The fourth-order valence-electron chi connectivity index (χ4n) is 2.09. The van der Waals surface area contributed by atoms with Gasteiger partial charge in [0.15, 0.2) is 0 Å². The molecule has 3 rings (SSSR count).